The van der Waals surface area contributed by atoms with E-state index in [2.05, 4.69) is 15.4 Å². The lowest BCUT2D eigenvalue weighted by Gasteiger charge is -2.15. The van der Waals surface area contributed by atoms with Gasteiger partial charge in [0.2, 0.25) is 5.95 Å². The van der Waals surface area contributed by atoms with Crippen LogP contribution in [0.15, 0.2) is 22.2 Å². The topological polar surface area (TPSA) is 59.3 Å². The lowest BCUT2D eigenvalue weighted by Crippen LogP contribution is -2.28. The van der Waals surface area contributed by atoms with Gasteiger partial charge in [0, 0.05) is 12.3 Å². The second-order valence-electron chi connectivity index (χ2n) is 2.47. The molecule has 2 heterocycles. The van der Waals surface area contributed by atoms with Gasteiger partial charge in [0.05, 0.1) is 6.54 Å². The van der Waals surface area contributed by atoms with Gasteiger partial charge in [0.1, 0.15) is 5.04 Å². The van der Waals surface area contributed by atoms with Crippen LogP contribution in [0.4, 0.5) is 5.95 Å². The van der Waals surface area contributed by atoms with Crippen molar-refractivity contribution in [2.45, 2.75) is 0 Å². The normalized spacial score (nSPS) is 14.4. The van der Waals surface area contributed by atoms with E-state index in [4.69, 9.17) is 0 Å². The van der Waals surface area contributed by atoms with Crippen LogP contribution in [0.5, 0.6) is 0 Å². The van der Waals surface area contributed by atoms with Gasteiger partial charge in [-0.2, -0.15) is 9.78 Å². The van der Waals surface area contributed by atoms with Crippen LogP contribution in [0.3, 0.4) is 0 Å². The highest BCUT2D eigenvalue weighted by Crippen LogP contribution is 2.08. The minimum absolute atomic E-state index is 0.163. The summed E-state index contributed by atoms with van der Waals surface area (Å²) in [5, 5.41) is 8.00. The molecule has 0 unspecified atom stereocenters. The van der Waals surface area contributed by atoms with Crippen LogP contribution in [-0.2, 0) is 0 Å². The predicted octanol–water partition coefficient (Wildman–Crippen LogP) is 0.193. The molecule has 1 aromatic rings. The Morgan fingerprint density at radius 3 is 3.31 bits per heavy atom. The fourth-order valence-electron chi connectivity index (χ4n) is 1.03. The number of hydrogen-bond acceptors (Lipinski definition) is 5. The van der Waals surface area contributed by atoms with E-state index in [1.54, 1.807) is 0 Å². The van der Waals surface area contributed by atoms with E-state index in [1.165, 1.54) is 28.7 Å². The molecule has 0 saturated carbocycles. The lowest BCUT2D eigenvalue weighted by molar-refractivity contribution is 0.789. The third-order valence-electron chi connectivity index (χ3n) is 1.67. The van der Waals surface area contributed by atoms with Gasteiger partial charge in [0.25, 0.3) is 5.56 Å². The van der Waals surface area contributed by atoms with Crippen LogP contribution in [0.25, 0.3) is 0 Å². The summed E-state index contributed by atoms with van der Waals surface area (Å²) in [6.45, 7) is 0.637. The molecule has 6 heteroatoms. The quantitative estimate of drug-likeness (QED) is 0.643. The highest BCUT2D eigenvalue weighted by Gasteiger charge is 2.11. The highest BCUT2D eigenvalue weighted by molar-refractivity contribution is 8.13. The summed E-state index contributed by atoms with van der Waals surface area (Å²) >= 11 is 1.52. The zero-order chi connectivity index (χ0) is 9.26. The number of fused-ring (bicyclic) bond motifs is 1. The first-order chi connectivity index (χ1) is 6.31. The van der Waals surface area contributed by atoms with Crippen molar-refractivity contribution < 1.29 is 0 Å². The number of aromatic nitrogens is 2. The third-order valence-corrected chi connectivity index (χ3v) is 2.37. The molecule has 1 N–H and O–H groups in total. The molecule has 0 amide bonds. The van der Waals surface area contributed by atoms with Crippen molar-refractivity contribution in [3.8, 4) is 0 Å². The summed E-state index contributed by atoms with van der Waals surface area (Å²) in [5.41, 5.74) is -0.163. The molecule has 1 aromatic heterocycles. The number of hydrogen-bond donors (Lipinski definition) is 1. The second kappa shape index (κ2) is 3.21. The minimum atomic E-state index is -0.163. The highest BCUT2D eigenvalue weighted by atomic mass is 32.2. The summed E-state index contributed by atoms with van der Waals surface area (Å²) in [4.78, 5) is 15.3. The molecule has 1 aliphatic heterocycles. The molecule has 0 spiro atoms. The molecule has 13 heavy (non-hydrogen) atoms. The zero-order valence-electron chi connectivity index (χ0n) is 7.02. The summed E-state index contributed by atoms with van der Waals surface area (Å²) < 4.78 is 1.27. The van der Waals surface area contributed by atoms with E-state index >= 15 is 0 Å². The van der Waals surface area contributed by atoms with Gasteiger partial charge in [-0.15, -0.1) is 11.8 Å². The fourth-order valence-corrected chi connectivity index (χ4v) is 1.41. The molecule has 0 aliphatic carbocycles. The summed E-state index contributed by atoms with van der Waals surface area (Å²) in [7, 11) is 0. The van der Waals surface area contributed by atoms with Crippen LogP contribution in [0.2, 0.25) is 0 Å². The van der Waals surface area contributed by atoms with Gasteiger partial charge in [-0.1, -0.05) is 0 Å². The fraction of sp³-hybridized carbons (Fsp3) is 0.286. The Morgan fingerprint density at radius 1 is 1.69 bits per heavy atom. The van der Waals surface area contributed by atoms with Gasteiger partial charge in [-0.3, -0.25) is 4.79 Å². The van der Waals surface area contributed by atoms with Gasteiger partial charge in [-0.25, -0.2) is 4.98 Å². The molecular formula is C7H8N4OS. The Hall–Kier alpha value is -1.30. The molecule has 1 aliphatic rings. The van der Waals surface area contributed by atoms with Crippen LogP contribution in [0, 0.1) is 0 Å². The molecule has 5 nitrogen and oxygen atoms in total. The van der Waals surface area contributed by atoms with E-state index in [0.717, 1.165) is 5.04 Å². The predicted molar refractivity (Wildman–Crippen MR) is 53.3 cm³/mol. The first-order valence-electron chi connectivity index (χ1n) is 3.75. The first-order valence-corrected chi connectivity index (χ1v) is 4.97. The van der Waals surface area contributed by atoms with Gasteiger partial charge < -0.3 is 5.32 Å². The van der Waals surface area contributed by atoms with Crippen molar-refractivity contribution in [1.29, 1.82) is 0 Å². The van der Waals surface area contributed by atoms with Crippen LogP contribution >= 0.6 is 11.8 Å². The molecule has 2 rings (SSSR count). The monoisotopic (exact) mass is 196 g/mol. The third kappa shape index (κ3) is 1.44. The molecule has 68 valence electrons. The van der Waals surface area contributed by atoms with E-state index < -0.39 is 0 Å². The maximum Gasteiger partial charge on any atom is 0.275 e. The maximum atomic E-state index is 11.3. The number of rotatable bonds is 0. The Morgan fingerprint density at radius 2 is 2.54 bits per heavy atom. The smallest absolute Gasteiger partial charge is 0.275 e. The van der Waals surface area contributed by atoms with Crippen molar-refractivity contribution in [3.63, 3.8) is 0 Å². The van der Waals surface area contributed by atoms with E-state index in [0.29, 0.717) is 12.5 Å². The summed E-state index contributed by atoms with van der Waals surface area (Å²) in [6, 6.07) is 1.39. The van der Waals surface area contributed by atoms with Crippen molar-refractivity contribution in [3.05, 3.63) is 22.6 Å². The molecule has 0 aromatic carbocycles. The number of anilines is 1. The van der Waals surface area contributed by atoms with E-state index in [1.807, 2.05) is 6.26 Å². The van der Waals surface area contributed by atoms with Gasteiger partial charge in [-0.05, 0) is 6.26 Å². The molecule has 0 atom stereocenters. The zero-order valence-corrected chi connectivity index (χ0v) is 7.84. The molecule has 0 bridgehead atoms. The number of thioether (sulfide) groups is 1. The van der Waals surface area contributed by atoms with E-state index in [9.17, 15) is 4.79 Å². The Balaban J connectivity index is 2.56. The molecule has 0 saturated heterocycles. The maximum absolute atomic E-state index is 11.3. The first kappa shape index (κ1) is 8.31. The van der Waals surface area contributed by atoms with Crippen molar-refractivity contribution in [2.75, 3.05) is 18.1 Å². The van der Waals surface area contributed by atoms with Crippen LogP contribution < -0.4 is 10.9 Å². The molecule has 0 radical (unpaired) electrons. The van der Waals surface area contributed by atoms with Gasteiger partial charge >= 0.3 is 0 Å². The van der Waals surface area contributed by atoms with Crippen LogP contribution in [0.1, 0.15) is 0 Å². The number of nitrogens with one attached hydrogen (secondary N) is 1. The Bertz CT molecular complexity index is 411. The summed E-state index contributed by atoms with van der Waals surface area (Å²) in [5.74, 6) is 0.505. The lowest BCUT2D eigenvalue weighted by atomic mass is 10.6. The van der Waals surface area contributed by atoms with Crippen molar-refractivity contribution in [1.82, 2.24) is 9.66 Å². The molecular weight excluding hydrogens is 188 g/mol. The largest absolute Gasteiger partial charge is 0.348 e. The van der Waals surface area contributed by atoms with Crippen molar-refractivity contribution in [2.24, 2.45) is 5.10 Å². The van der Waals surface area contributed by atoms with Crippen LogP contribution in [-0.4, -0.2) is 27.5 Å². The Kier molecular flexibility index (Phi) is 2.05. The van der Waals surface area contributed by atoms with Gasteiger partial charge in [0.15, 0.2) is 0 Å². The van der Waals surface area contributed by atoms with E-state index in [-0.39, 0.29) is 5.56 Å². The number of nitrogens with zero attached hydrogens (tertiary/aromatic N) is 3. The van der Waals surface area contributed by atoms with Crippen molar-refractivity contribution >= 4 is 22.8 Å². The standard InChI is InChI=1S/C7H8N4OS/c1-13-5-4-9-7-8-3-2-6(12)11(7)10-5/h2-3H,4H2,1H3,(H,8,9). The average Bonchev–Trinajstić information content (AvgIpc) is 2.18. The average molecular weight is 196 g/mol. The second-order valence-corrected chi connectivity index (χ2v) is 3.35. The Labute approximate surface area is 78.9 Å². The summed E-state index contributed by atoms with van der Waals surface area (Å²) in [6.07, 6.45) is 3.40. The minimum Gasteiger partial charge on any atom is -0.348 e. The SMILES string of the molecule is CSC1=Nn2c(nccc2=O)NC1. The molecule has 0 fully saturated rings.